The van der Waals surface area contributed by atoms with E-state index in [1.165, 1.54) is 0 Å². The molecule has 0 spiro atoms. The molecule has 1 atom stereocenters. The molecule has 34 heavy (non-hydrogen) atoms. The molecule has 0 radical (unpaired) electrons. The van der Waals surface area contributed by atoms with Gasteiger partial charge in [0.2, 0.25) is 11.9 Å². The predicted octanol–water partition coefficient (Wildman–Crippen LogP) is 3.60. The summed E-state index contributed by atoms with van der Waals surface area (Å²) in [6.45, 7) is 5.00. The number of rotatable bonds is 5. The normalized spacial score (nSPS) is 16.1. The number of hydrogen-bond acceptors (Lipinski definition) is 6. The van der Waals surface area contributed by atoms with Gasteiger partial charge in [-0.3, -0.25) is 14.2 Å². The Morgan fingerprint density at radius 2 is 2.03 bits per heavy atom. The minimum atomic E-state index is -0.125. The van der Waals surface area contributed by atoms with Gasteiger partial charge >= 0.3 is 0 Å². The van der Waals surface area contributed by atoms with E-state index in [9.17, 15) is 9.59 Å². The van der Waals surface area contributed by atoms with E-state index in [0.717, 1.165) is 36.0 Å². The highest BCUT2D eigenvalue weighted by Crippen LogP contribution is 2.26. The number of piperidine rings is 1. The summed E-state index contributed by atoms with van der Waals surface area (Å²) in [5, 5.41) is 8.53. The van der Waals surface area contributed by atoms with Crippen LogP contribution in [0.3, 0.4) is 0 Å². The number of aryl methyl sites for hydroxylation is 1. The van der Waals surface area contributed by atoms with E-state index in [1.807, 2.05) is 61.3 Å². The zero-order valence-electron chi connectivity index (χ0n) is 19.3. The lowest BCUT2D eigenvalue weighted by Gasteiger charge is -2.34. The molecule has 0 unspecified atom stereocenters. The summed E-state index contributed by atoms with van der Waals surface area (Å²) in [6, 6.07) is 13.2. The minimum Gasteiger partial charge on any atom is -0.341 e. The Balaban J connectivity index is 1.49. The molecule has 1 aliphatic heterocycles. The Hall–Kier alpha value is -4.01. The molecule has 1 fully saturated rings. The third kappa shape index (κ3) is 4.16. The second-order valence-corrected chi connectivity index (χ2v) is 8.56. The van der Waals surface area contributed by atoms with Crippen molar-refractivity contribution in [3.8, 4) is 5.69 Å². The number of nitrogens with zero attached hydrogens (tertiary/aromatic N) is 6. The van der Waals surface area contributed by atoms with Crippen molar-refractivity contribution in [3.05, 3.63) is 70.8 Å². The number of carbonyl (C=O) groups excluding carboxylic acids is 1. The minimum absolute atomic E-state index is 0.111. The fourth-order valence-electron chi connectivity index (χ4n) is 4.53. The van der Waals surface area contributed by atoms with E-state index in [0.29, 0.717) is 30.4 Å². The molecular formula is C25H27N7O2. The first-order chi connectivity index (χ1) is 16.5. The number of amides is 1. The molecule has 1 amide bonds. The van der Waals surface area contributed by atoms with E-state index in [1.54, 1.807) is 21.5 Å². The summed E-state index contributed by atoms with van der Waals surface area (Å²) in [4.78, 5) is 36.4. The molecule has 0 bridgehead atoms. The molecule has 1 N–H and O–H groups in total. The maximum Gasteiger partial charge on any atom is 0.252 e. The van der Waals surface area contributed by atoms with Gasteiger partial charge in [0.1, 0.15) is 5.65 Å². The number of nitrogens with one attached hydrogen (secondary N) is 1. The summed E-state index contributed by atoms with van der Waals surface area (Å²) in [5.41, 5.74) is 2.23. The first-order valence-electron chi connectivity index (χ1n) is 11.6. The molecule has 9 nitrogen and oxygen atoms in total. The first kappa shape index (κ1) is 21.8. The number of pyridine rings is 1. The Morgan fingerprint density at radius 1 is 1.21 bits per heavy atom. The number of hydrogen-bond donors (Lipinski definition) is 1. The van der Waals surface area contributed by atoms with Gasteiger partial charge in [0.25, 0.3) is 5.56 Å². The standard InChI is InChI=1S/C25H27N7O2/c1-3-22(33)30-12-7-10-19(16-30)32-23(34)14-17(2)20-15-26-25(28-24(20)32)27-21-11-13-31(29-21)18-8-5-4-6-9-18/h4-6,8-9,11,13-15,19H,3,7,10,12,16H2,1-2H3,(H,26,27,28,29)/t19-/m1/s1. The van der Waals surface area contributed by atoms with Crippen molar-refractivity contribution >= 4 is 28.7 Å². The lowest BCUT2D eigenvalue weighted by Crippen LogP contribution is -2.42. The van der Waals surface area contributed by atoms with Crippen LogP contribution in [0.4, 0.5) is 11.8 Å². The number of carbonyl (C=O) groups is 1. The fraction of sp³-hybridized carbons (Fsp3) is 0.320. The molecule has 4 heterocycles. The molecule has 5 rings (SSSR count). The summed E-state index contributed by atoms with van der Waals surface area (Å²) < 4.78 is 3.50. The number of aromatic nitrogens is 5. The summed E-state index contributed by atoms with van der Waals surface area (Å²) in [6.07, 6.45) is 5.73. The van der Waals surface area contributed by atoms with Crippen molar-refractivity contribution in [2.45, 2.75) is 39.2 Å². The second-order valence-electron chi connectivity index (χ2n) is 8.56. The zero-order valence-corrected chi connectivity index (χ0v) is 19.3. The van der Waals surface area contributed by atoms with Crippen molar-refractivity contribution in [2.24, 2.45) is 0 Å². The molecule has 1 aliphatic rings. The van der Waals surface area contributed by atoms with Gasteiger partial charge in [-0.1, -0.05) is 25.1 Å². The van der Waals surface area contributed by atoms with E-state index in [4.69, 9.17) is 4.98 Å². The maximum absolute atomic E-state index is 13.1. The van der Waals surface area contributed by atoms with Crippen LogP contribution in [-0.2, 0) is 4.79 Å². The van der Waals surface area contributed by atoms with Crippen LogP contribution in [0.25, 0.3) is 16.7 Å². The van der Waals surface area contributed by atoms with Crippen molar-refractivity contribution in [2.75, 3.05) is 18.4 Å². The van der Waals surface area contributed by atoms with Gasteiger partial charge in [-0.15, -0.1) is 0 Å². The van der Waals surface area contributed by atoms with Gasteiger partial charge in [0.15, 0.2) is 5.82 Å². The number of likely N-dealkylation sites (tertiary alicyclic amines) is 1. The van der Waals surface area contributed by atoms with Crippen LogP contribution < -0.4 is 10.9 Å². The third-order valence-corrected chi connectivity index (χ3v) is 6.27. The van der Waals surface area contributed by atoms with E-state index < -0.39 is 0 Å². The van der Waals surface area contributed by atoms with E-state index in [2.05, 4.69) is 15.4 Å². The van der Waals surface area contributed by atoms with Crippen molar-refractivity contribution < 1.29 is 4.79 Å². The van der Waals surface area contributed by atoms with Crippen LogP contribution >= 0.6 is 0 Å². The molecule has 9 heteroatoms. The van der Waals surface area contributed by atoms with Gasteiger partial charge in [-0.25, -0.2) is 9.67 Å². The summed E-state index contributed by atoms with van der Waals surface area (Å²) >= 11 is 0. The van der Waals surface area contributed by atoms with Gasteiger partial charge < -0.3 is 10.2 Å². The number of benzene rings is 1. The first-order valence-corrected chi connectivity index (χ1v) is 11.6. The monoisotopic (exact) mass is 457 g/mol. The van der Waals surface area contributed by atoms with Crippen LogP contribution in [0.15, 0.2) is 59.7 Å². The summed E-state index contributed by atoms with van der Waals surface area (Å²) in [7, 11) is 0. The Kier molecular flexibility index (Phi) is 5.83. The molecular weight excluding hydrogens is 430 g/mol. The van der Waals surface area contributed by atoms with Gasteiger partial charge in [0.05, 0.1) is 11.7 Å². The average molecular weight is 458 g/mol. The predicted molar refractivity (Wildman–Crippen MR) is 131 cm³/mol. The number of fused-ring (bicyclic) bond motifs is 1. The smallest absolute Gasteiger partial charge is 0.252 e. The molecule has 3 aromatic heterocycles. The Bertz CT molecular complexity index is 1390. The van der Waals surface area contributed by atoms with Crippen molar-refractivity contribution in [3.63, 3.8) is 0 Å². The average Bonchev–Trinajstić information content (AvgIpc) is 3.32. The highest BCUT2D eigenvalue weighted by molar-refractivity contribution is 5.79. The number of anilines is 2. The quantitative estimate of drug-likeness (QED) is 0.492. The van der Waals surface area contributed by atoms with Gasteiger partial charge in [-0.05, 0) is 37.5 Å². The number of para-hydroxylation sites is 1. The lowest BCUT2D eigenvalue weighted by atomic mass is 10.0. The van der Waals surface area contributed by atoms with E-state index in [-0.39, 0.29) is 17.5 Å². The van der Waals surface area contributed by atoms with Crippen LogP contribution in [0.2, 0.25) is 0 Å². The van der Waals surface area contributed by atoms with Crippen LogP contribution in [0.1, 0.15) is 37.8 Å². The largest absolute Gasteiger partial charge is 0.341 e. The topological polar surface area (TPSA) is 97.9 Å². The summed E-state index contributed by atoms with van der Waals surface area (Å²) in [5.74, 6) is 1.07. The molecule has 1 saturated heterocycles. The Morgan fingerprint density at radius 3 is 2.82 bits per heavy atom. The van der Waals surface area contributed by atoms with Gasteiger partial charge in [-0.2, -0.15) is 10.1 Å². The van der Waals surface area contributed by atoms with Crippen molar-refractivity contribution in [1.29, 1.82) is 0 Å². The van der Waals surface area contributed by atoms with Crippen LogP contribution in [0, 0.1) is 6.92 Å². The van der Waals surface area contributed by atoms with Gasteiger partial charge in [0, 0.05) is 49.4 Å². The van der Waals surface area contributed by atoms with Crippen LogP contribution in [0.5, 0.6) is 0 Å². The highest BCUT2D eigenvalue weighted by atomic mass is 16.2. The lowest BCUT2D eigenvalue weighted by molar-refractivity contribution is -0.132. The SMILES string of the molecule is CCC(=O)N1CCC[C@@H](n2c(=O)cc(C)c3cnc(Nc4ccn(-c5ccccc5)n4)nc32)C1. The molecule has 174 valence electrons. The molecule has 1 aromatic carbocycles. The zero-order chi connectivity index (χ0) is 23.7. The highest BCUT2D eigenvalue weighted by Gasteiger charge is 2.26. The van der Waals surface area contributed by atoms with Crippen molar-refractivity contribution in [1.82, 2.24) is 29.2 Å². The fourth-order valence-corrected chi connectivity index (χ4v) is 4.53. The molecule has 4 aromatic rings. The third-order valence-electron chi connectivity index (χ3n) is 6.27. The Labute approximate surface area is 197 Å². The second kappa shape index (κ2) is 9.09. The molecule has 0 aliphatic carbocycles. The maximum atomic E-state index is 13.1. The molecule has 0 saturated carbocycles. The van der Waals surface area contributed by atoms with Crippen LogP contribution in [-0.4, -0.2) is 48.2 Å². The van der Waals surface area contributed by atoms with E-state index >= 15 is 0 Å².